The molecule has 17 heavy (non-hydrogen) atoms. The van der Waals surface area contributed by atoms with Crippen LogP contribution in [0.3, 0.4) is 0 Å². The van der Waals surface area contributed by atoms with Gasteiger partial charge in [0.25, 0.3) is 5.91 Å². The number of rotatable bonds is 1. The lowest BCUT2D eigenvalue weighted by atomic mass is 10.1. The van der Waals surface area contributed by atoms with Gasteiger partial charge in [-0.15, -0.1) is 0 Å². The Balaban J connectivity index is 2.27. The average Bonchev–Trinajstić information content (AvgIpc) is 2.36. The SMILES string of the molecule is Nc1c(C(=O)N2CCNCC2)ccc(F)c1F. The molecule has 0 bridgehead atoms. The molecule has 0 unspecified atom stereocenters. The zero-order chi connectivity index (χ0) is 12.4. The van der Waals surface area contributed by atoms with Gasteiger partial charge >= 0.3 is 0 Å². The molecule has 0 spiro atoms. The molecule has 1 aliphatic heterocycles. The van der Waals surface area contributed by atoms with E-state index in [4.69, 9.17) is 5.73 Å². The molecule has 1 saturated heterocycles. The van der Waals surface area contributed by atoms with Gasteiger partial charge < -0.3 is 16.0 Å². The van der Waals surface area contributed by atoms with Crippen molar-refractivity contribution in [2.45, 2.75) is 0 Å². The molecule has 0 radical (unpaired) electrons. The molecule has 1 heterocycles. The molecule has 6 heteroatoms. The second-order valence-electron chi connectivity index (χ2n) is 3.86. The Kier molecular flexibility index (Phi) is 3.23. The number of hydrogen-bond acceptors (Lipinski definition) is 3. The van der Waals surface area contributed by atoms with Crippen LogP contribution in [0.25, 0.3) is 0 Å². The molecule has 1 aliphatic rings. The summed E-state index contributed by atoms with van der Waals surface area (Å²) in [6, 6.07) is 2.14. The van der Waals surface area contributed by atoms with Gasteiger partial charge in [0.05, 0.1) is 11.3 Å². The van der Waals surface area contributed by atoms with Crippen molar-refractivity contribution >= 4 is 11.6 Å². The highest BCUT2D eigenvalue weighted by Gasteiger charge is 2.22. The maximum atomic E-state index is 13.2. The Morgan fingerprint density at radius 3 is 2.59 bits per heavy atom. The summed E-state index contributed by atoms with van der Waals surface area (Å²) >= 11 is 0. The molecule has 0 aromatic heterocycles. The Morgan fingerprint density at radius 2 is 1.94 bits per heavy atom. The standard InChI is InChI=1S/C11H13F2N3O/c12-8-2-1-7(10(14)9(8)13)11(17)16-5-3-15-4-6-16/h1-2,15H,3-6,14H2. The number of carbonyl (C=O) groups excluding carboxylic acids is 1. The second kappa shape index (κ2) is 4.67. The summed E-state index contributed by atoms with van der Waals surface area (Å²) in [5.74, 6) is -2.56. The summed E-state index contributed by atoms with van der Waals surface area (Å²) < 4.78 is 26.1. The fraction of sp³-hybridized carbons (Fsp3) is 0.364. The maximum absolute atomic E-state index is 13.2. The quantitative estimate of drug-likeness (QED) is 0.708. The van der Waals surface area contributed by atoms with Crippen molar-refractivity contribution in [2.24, 2.45) is 0 Å². The van der Waals surface area contributed by atoms with Gasteiger partial charge in [0.15, 0.2) is 11.6 Å². The molecule has 1 fully saturated rings. The molecule has 2 rings (SSSR count). The lowest BCUT2D eigenvalue weighted by molar-refractivity contribution is 0.0736. The minimum Gasteiger partial charge on any atom is -0.396 e. The summed E-state index contributed by atoms with van der Waals surface area (Å²) in [5, 5.41) is 3.10. The topological polar surface area (TPSA) is 58.4 Å². The van der Waals surface area contributed by atoms with E-state index in [9.17, 15) is 13.6 Å². The number of carbonyl (C=O) groups is 1. The van der Waals surface area contributed by atoms with Crippen LogP contribution in [0.1, 0.15) is 10.4 Å². The molecule has 0 atom stereocenters. The Bertz CT molecular complexity index is 445. The highest BCUT2D eigenvalue weighted by atomic mass is 19.2. The number of nitrogens with zero attached hydrogens (tertiary/aromatic N) is 1. The van der Waals surface area contributed by atoms with Crippen molar-refractivity contribution in [3.8, 4) is 0 Å². The van der Waals surface area contributed by atoms with E-state index in [0.717, 1.165) is 6.07 Å². The van der Waals surface area contributed by atoms with E-state index < -0.39 is 17.3 Å². The van der Waals surface area contributed by atoms with Crippen molar-refractivity contribution in [3.63, 3.8) is 0 Å². The molecule has 1 aromatic rings. The first kappa shape index (κ1) is 11.8. The second-order valence-corrected chi connectivity index (χ2v) is 3.86. The minimum atomic E-state index is -1.16. The fourth-order valence-corrected chi connectivity index (χ4v) is 1.79. The highest BCUT2D eigenvalue weighted by molar-refractivity contribution is 5.99. The number of hydrogen-bond donors (Lipinski definition) is 2. The molecule has 1 aromatic carbocycles. The van der Waals surface area contributed by atoms with Gasteiger partial charge in [0.2, 0.25) is 0 Å². The minimum absolute atomic E-state index is 0.0193. The number of nitrogen functional groups attached to an aromatic ring is 1. The molecule has 92 valence electrons. The van der Waals surface area contributed by atoms with Crippen molar-refractivity contribution in [2.75, 3.05) is 31.9 Å². The van der Waals surface area contributed by atoms with Crippen LogP contribution in [-0.4, -0.2) is 37.0 Å². The van der Waals surface area contributed by atoms with E-state index in [0.29, 0.717) is 26.2 Å². The molecular formula is C11H13F2N3O. The largest absolute Gasteiger partial charge is 0.396 e. The van der Waals surface area contributed by atoms with E-state index in [1.54, 1.807) is 4.90 Å². The third kappa shape index (κ3) is 2.21. The van der Waals surface area contributed by atoms with Gasteiger partial charge in [-0.2, -0.15) is 0 Å². The first-order valence-corrected chi connectivity index (χ1v) is 5.34. The molecule has 4 nitrogen and oxygen atoms in total. The van der Waals surface area contributed by atoms with Crippen molar-refractivity contribution in [3.05, 3.63) is 29.3 Å². The first-order valence-electron chi connectivity index (χ1n) is 5.34. The van der Waals surface area contributed by atoms with Crippen LogP contribution in [0.2, 0.25) is 0 Å². The van der Waals surface area contributed by atoms with Crippen LogP contribution >= 0.6 is 0 Å². The number of halogens is 2. The van der Waals surface area contributed by atoms with Crippen LogP contribution in [0.15, 0.2) is 12.1 Å². The van der Waals surface area contributed by atoms with Gasteiger partial charge in [-0.05, 0) is 12.1 Å². The van der Waals surface area contributed by atoms with Crippen LogP contribution in [0.5, 0.6) is 0 Å². The summed E-state index contributed by atoms with van der Waals surface area (Å²) in [4.78, 5) is 13.6. The van der Waals surface area contributed by atoms with Crippen LogP contribution in [0, 0.1) is 11.6 Å². The molecule has 0 saturated carbocycles. The van der Waals surface area contributed by atoms with Gasteiger partial charge in [-0.25, -0.2) is 8.78 Å². The summed E-state index contributed by atoms with van der Waals surface area (Å²) in [5.41, 5.74) is 5.01. The monoisotopic (exact) mass is 241 g/mol. The normalized spacial score (nSPS) is 16.0. The Morgan fingerprint density at radius 1 is 1.29 bits per heavy atom. The molecule has 0 aliphatic carbocycles. The zero-order valence-corrected chi connectivity index (χ0v) is 9.17. The van der Waals surface area contributed by atoms with Crippen molar-refractivity contribution in [1.29, 1.82) is 0 Å². The number of nitrogens with one attached hydrogen (secondary N) is 1. The maximum Gasteiger partial charge on any atom is 0.256 e. The zero-order valence-electron chi connectivity index (χ0n) is 9.17. The van der Waals surface area contributed by atoms with E-state index in [2.05, 4.69) is 5.32 Å². The van der Waals surface area contributed by atoms with E-state index in [-0.39, 0.29) is 11.5 Å². The molecule has 1 amide bonds. The number of nitrogens with two attached hydrogens (primary N) is 1. The van der Waals surface area contributed by atoms with E-state index >= 15 is 0 Å². The summed E-state index contributed by atoms with van der Waals surface area (Å²) in [7, 11) is 0. The summed E-state index contributed by atoms with van der Waals surface area (Å²) in [6.45, 7) is 2.46. The fourth-order valence-electron chi connectivity index (χ4n) is 1.79. The third-order valence-electron chi connectivity index (χ3n) is 2.77. The highest BCUT2D eigenvalue weighted by Crippen LogP contribution is 2.20. The molecule has 3 N–H and O–H groups in total. The number of anilines is 1. The van der Waals surface area contributed by atoms with E-state index in [1.165, 1.54) is 6.07 Å². The average molecular weight is 241 g/mol. The van der Waals surface area contributed by atoms with Crippen LogP contribution < -0.4 is 11.1 Å². The van der Waals surface area contributed by atoms with Gasteiger partial charge in [0.1, 0.15) is 0 Å². The van der Waals surface area contributed by atoms with Crippen molar-refractivity contribution in [1.82, 2.24) is 10.2 Å². The Hall–Kier alpha value is -1.69. The molecular weight excluding hydrogens is 228 g/mol. The lowest BCUT2D eigenvalue weighted by Gasteiger charge is -2.27. The Labute approximate surface area is 97.4 Å². The third-order valence-corrected chi connectivity index (χ3v) is 2.77. The summed E-state index contributed by atoms with van der Waals surface area (Å²) in [6.07, 6.45) is 0. The van der Waals surface area contributed by atoms with E-state index in [1.807, 2.05) is 0 Å². The van der Waals surface area contributed by atoms with Gasteiger partial charge in [-0.1, -0.05) is 0 Å². The van der Waals surface area contributed by atoms with Crippen molar-refractivity contribution < 1.29 is 13.6 Å². The van der Waals surface area contributed by atoms with Crippen LogP contribution in [0.4, 0.5) is 14.5 Å². The number of piperazine rings is 1. The van der Waals surface area contributed by atoms with Gasteiger partial charge in [0, 0.05) is 26.2 Å². The smallest absolute Gasteiger partial charge is 0.256 e. The van der Waals surface area contributed by atoms with Gasteiger partial charge in [-0.3, -0.25) is 4.79 Å². The first-order chi connectivity index (χ1) is 8.11. The predicted molar refractivity (Wildman–Crippen MR) is 59.5 cm³/mol. The lowest BCUT2D eigenvalue weighted by Crippen LogP contribution is -2.46. The van der Waals surface area contributed by atoms with Crippen LogP contribution in [-0.2, 0) is 0 Å². The number of benzene rings is 1. The predicted octanol–water partition coefficient (Wildman–Crippen LogP) is 0.592. The number of amides is 1.